The molecule has 1 aliphatic carbocycles. The van der Waals surface area contributed by atoms with Crippen LogP contribution in [0.5, 0.6) is 0 Å². The molecule has 0 bridgehead atoms. The fourth-order valence-electron chi connectivity index (χ4n) is 3.52. The third-order valence-corrected chi connectivity index (χ3v) is 5.10. The van der Waals surface area contributed by atoms with E-state index in [0.717, 1.165) is 32.1 Å². The van der Waals surface area contributed by atoms with Gasteiger partial charge < -0.3 is 10.1 Å². The molecule has 0 aliphatic heterocycles. The SMILES string of the molecule is CCOC(=O)c1nnn(-c2nc(NC(=O)C3CCCCC3)cc(C)c2C#N)c1C. The second-order valence-corrected chi connectivity index (χ2v) is 7.11. The number of rotatable bonds is 5. The molecule has 1 aliphatic rings. The topological polar surface area (TPSA) is 123 Å². The zero-order valence-electron chi connectivity index (χ0n) is 16.9. The molecule has 29 heavy (non-hydrogen) atoms. The summed E-state index contributed by atoms with van der Waals surface area (Å²) in [4.78, 5) is 29.1. The van der Waals surface area contributed by atoms with Crippen molar-refractivity contribution in [3.05, 3.63) is 28.6 Å². The van der Waals surface area contributed by atoms with E-state index in [0.29, 0.717) is 22.6 Å². The summed E-state index contributed by atoms with van der Waals surface area (Å²) in [5, 5.41) is 20.3. The van der Waals surface area contributed by atoms with Crippen LogP contribution >= 0.6 is 0 Å². The molecule has 0 spiro atoms. The van der Waals surface area contributed by atoms with Crippen molar-refractivity contribution < 1.29 is 14.3 Å². The fourth-order valence-corrected chi connectivity index (χ4v) is 3.52. The number of aryl methyl sites for hydroxylation is 1. The van der Waals surface area contributed by atoms with E-state index < -0.39 is 5.97 Å². The number of ether oxygens (including phenoxy) is 1. The molecular formula is C20H24N6O3. The highest BCUT2D eigenvalue weighted by atomic mass is 16.5. The number of nitrogens with one attached hydrogen (secondary N) is 1. The molecular weight excluding hydrogens is 372 g/mol. The highest BCUT2D eigenvalue weighted by molar-refractivity contribution is 5.92. The van der Waals surface area contributed by atoms with Crippen LogP contribution in [-0.4, -0.2) is 38.5 Å². The lowest BCUT2D eigenvalue weighted by atomic mass is 9.89. The van der Waals surface area contributed by atoms with Crippen molar-refractivity contribution in [3.8, 4) is 11.9 Å². The maximum atomic E-state index is 12.6. The Morgan fingerprint density at radius 1 is 1.31 bits per heavy atom. The van der Waals surface area contributed by atoms with E-state index in [1.54, 1.807) is 26.8 Å². The average Bonchev–Trinajstić information content (AvgIpc) is 3.09. The smallest absolute Gasteiger partial charge is 0.360 e. The normalized spacial score (nSPS) is 14.3. The number of aromatic nitrogens is 4. The lowest BCUT2D eigenvalue weighted by Crippen LogP contribution is -2.25. The van der Waals surface area contributed by atoms with Gasteiger partial charge in [-0.15, -0.1) is 5.10 Å². The first kappa shape index (κ1) is 20.5. The Morgan fingerprint density at radius 3 is 2.69 bits per heavy atom. The summed E-state index contributed by atoms with van der Waals surface area (Å²) in [5.74, 6) is -0.108. The van der Waals surface area contributed by atoms with Crippen molar-refractivity contribution in [2.24, 2.45) is 5.92 Å². The van der Waals surface area contributed by atoms with Crippen molar-refractivity contribution in [1.82, 2.24) is 20.0 Å². The molecule has 2 heterocycles. The maximum Gasteiger partial charge on any atom is 0.360 e. The second kappa shape index (κ2) is 8.82. The van der Waals surface area contributed by atoms with Crippen LogP contribution in [0.3, 0.4) is 0 Å². The number of nitriles is 1. The summed E-state index contributed by atoms with van der Waals surface area (Å²) in [6.07, 6.45) is 5.02. The number of carbonyl (C=O) groups excluding carboxylic acids is 2. The van der Waals surface area contributed by atoms with Crippen LogP contribution in [-0.2, 0) is 9.53 Å². The van der Waals surface area contributed by atoms with Crippen molar-refractivity contribution >= 4 is 17.7 Å². The van der Waals surface area contributed by atoms with Crippen molar-refractivity contribution in [1.29, 1.82) is 5.26 Å². The Balaban J connectivity index is 1.95. The summed E-state index contributed by atoms with van der Waals surface area (Å²) in [5.41, 5.74) is 1.41. The van der Waals surface area contributed by atoms with Gasteiger partial charge in [0.2, 0.25) is 5.91 Å². The molecule has 1 N–H and O–H groups in total. The number of nitrogens with zero attached hydrogens (tertiary/aromatic N) is 5. The van der Waals surface area contributed by atoms with Crippen LogP contribution in [0, 0.1) is 31.1 Å². The summed E-state index contributed by atoms with van der Waals surface area (Å²) >= 11 is 0. The minimum atomic E-state index is -0.590. The Labute approximate surface area is 169 Å². The molecule has 152 valence electrons. The number of amides is 1. The van der Waals surface area contributed by atoms with Crippen LogP contribution in [0.15, 0.2) is 6.07 Å². The third-order valence-electron chi connectivity index (χ3n) is 5.10. The van der Waals surface area contributed by atoms with Crippen molar-refractivity contribution in [2.75, 3.05) is 11.9 Å². The Hall–Kier alpha value is -3.28. The van der Waals surface area contributed by atoms with E-state index in [4.69, 9.17) is 4.74 Å². The summed E-state index contributed by atoms with van der Waals surface area (Å²) in [6.45, 7) is 5.33. The van der Waals surface area contributed by atoms with E-state index in [1.165, 1.54) is 4.68 Å². The standard InChI is InChI=1S/C20H24N6O3/c1-4-29-20(28)17-13(3)26(25-24-17)18-15(11-21)12(2)10-16(22-18)23-19(27)14-8-6-5-7-9-14/h10,14H,4-9H2,1-3H3,(H,22,23,27). The van der Waals surface area contributed by atoms with Crippen LogP contribution in [0.4, 0.5) is 5.82 Å². The van der Waals surface area contributed by atoms with Gasteiger partial charge in [-0.2, -0.15) is 9.94 Å². The molecule has 0 aromatic carbocycles. The highest BCUT2D eigenvalue weighted by Crippen LogP contribution is 2.26. The van der Waals surface area contributed by atoms with Gasteiger partial charge in [0.1, 0.15) is 11.9 Å². The minimum absolute atomic E-state index is 0.0199. The number of hydrogen-bond donors (Lipinski definition) is 1. The first-order valence-corrected chi connectivity index (χ1v) is 9.78. The van der Waals surface area contributed by atoms with Crippen LogP contribution in [0.2, 0.25) is 0 Å². The van der Waals surface area contributed by atoms with Gasteiger partial charge in [-0.1, -0.05) is 24.5 Å². The van der Waals surface area contributed by atoms with E-state index in [1.807, 2.05) is 0 Å². The van der Waals surface area contributed by atoms with Gasteiger partial charge in [0.25, 0.3) is 0 Å². The number of pyridine rings is 1. The molecule has 9 nitrogen and oxygen atoms in total. The molecule has 2 aromatic heterocycles. The van der Waals surface area contributed by atoms with E-state index in [-0.39, 0.29) is 29.9 Å². The zero-order valence-corrected chi connectivity index (χ0v) is 16.9. The molecule has 0 saturated heterocycles. The Morgan fingerprint density at radius 2 is 2.03 bits per heavy atom. The summed E-state index contributed by atoms with van der Waals surface area (Å²) < 4.78 is 6.31. The van der Waals surface area contributed by atoms with Gasteiger partial charge in [0, 0.05) is 5.92 Å². The van der Waals surface area contributed by atoms with Crippen LogP contribution in [0.25, 0.3) is 5.82 Å². The van der Waals surface area contributed by atoms with Crippen molar-refractivity contribution in [3.63, 3.8) is 0 Å². The van der Waals surface area contributed by atoms with Crippen LogP contribution in [0.1, 0.15) is 66.3 Å². The highest BCUT2D eigenvalue weighted by Gasteiger charge is 2.24. The largest absolute Gasteiger partial charge is 0.461 e. The quantitative estimate of drug-likeness (QED) is 0.771. The lowest BCUT2D eigenvalue weighted by Gasteiger charge is -2.21. The minimum Gasteiger partial charge on any atom is -0.461 e. The molecule has 0 atom stereocenters. The Bertz CT molecular complexity index is 969. The molecule has 9 heteroatoms. The summed E-state index contributed by atoms with van der Waals surface area (Å²) in [7, 11) is 0. The molecule has 0 unspecified atom stereocenters. The van der Waals surface area contributed by atoms with E-state index in [9.17, 15) is 14.9 Å². The first-order valence-electron chi connectivity index (χ1n) is 9.78. The first-order chi connectivity index (χ1) is 14.0. The third kappa shape index (κ3) is 4.26. The van der Waals surface area contributed by atoms with Gasteiger partial charge in [0.05, 0.1) is 17.9 Å². The molecule has 0 radical (unpaired) electrons. The molecule has 1 saturated carbocycles. The maximum absolute atomic E-state index is 12.6. The number of hydrogen-bond acceptors (Lipinski definition) is 7. The van der Waals surface area contributed by atoms with Gasteiger partial charge in [-0.05, 0) is 45.2 Å². The van der Waals surface area contributed by atoms with E-state index in [2.05, 4.69) is 26.7 Å². The lowest BCUT2D eigenvalue weighted by molar-refractivity contribution is -0.120. The molecule has 1 fully saturated rings. The number of carbonyl (C=O) groups is 2. The molecule has 1 amide bonds. The number of esters is 1. The van der Waals surface area contributed by atoms with E-state index >= 15 is 0 Å². The zero-order chi connectivity index (χ0) is 21.0. The van der Waals surface area contributed by atoms with Gasteiger partial charge in [-0.3, -0.25) is 4.79 Å². The van der Waals surface area contributed by atoms with Crippen LogP contribution < -0.4 is 5.32 Å². The van der Waals surface area contributed by atoms with Gasteiger partial charge >= 0.3 is 5.97 Å². The Kier molecular flexibility index (Phi) is 6.22. The van der Waals surface area contributed by atoms with Gasteiger partial charge in [0.15, 0.2) is 11.5 Å². The van der Waals surface area contributed by atoms with Crippen molar-refractivity contribution in [2.45, 2.75) is 52.9 Å². The fraction of sp³-hybridized carbons (Fsp3) is 0.500. The average molecular weight is 396 g/mol. The molecule has 2 aromatic rings. The van der Waals surface area contributed by atoms with Gasteiger partial charge in [-0.25, -0.2) is 9.78 Å². The second-order valence-electron chi connectivity index (χ2n) is 7.11. The summed E-state index contributed by atoms with van der Waals surface area (Å²) in [6, 6.07) is 3.79. The molecule has 3 rings (SSSR count). The monoisotopic (exact) mass is 396 g/mol. The number of anilines is 1. The predicted molar refractivity (Wildman–Crippen MR) is 105 cm³/mol. The predicted octanol–water partition coefficient (Wildman–Crippen LogP) is 2.85.